The molecule has 3 heterocycles. The third kappa shape index (κ3) is 10.1. The van der Waals surface area contributed by atoms with Gasteiger partial charge < -0.3 is 47.2 Å². The summed E-state index contributed by atoms with van der Waals surface area (Å²) >= 11 is 0. The molecule has 0 aromatic carbocycles. The van der Waals surface area contributed by atoms with Crippen LogP contribution >= 0.6 is 0 Å². The molecule has 8 N–H and O–H groups in total. The minimum Gasteiger partial charge on any atom is -0.481 e. The number of fused-ring (bicyclic) bond motifs is 15. The van der Waals surface area contributed by atoms with Crippen molar-refractivity contribution in [2.45, 2.75) is 30.3 Å². The van der Waals surface area contributed by atoms with E-state index in [0.717, 1.165) is 58.9 Å². The lowest BCUT2D eigenvalue weighted by Gasteiger charge is -2.40. The number of aliphatic carboxylic acids is 1. The fraction of sp³-hybridized carbons (Fsp3) is 0.905. The van der Waals surface area contributed by atoms with Crippen LogP contribution in [0.4, 0.5) is 0 Å². The molecule has 0 atom stereocenters. The van der Waals surface area contributed by atoms with Gasteiger partial charge in [0.1, 0.15) is 0 Å². The van der Waals surface area contributed by atoms with Gasteiger partial charge in [-0.15, -0.1) is 0 Å². The lowest BCUT2D eigenvalue weighted by molar-refractivity contribution is -0.137. The number of hydrogen-bond acceptors (Lipinski definition) is 9. The summed E-state index contributed by atoms with van der Waals surface area (Å²) in [7, 11) is 4.20. The van der Waals surface area contributed by atoms with Crippen molar-refractivity contribution < 1.29 is 14.7 Å². The standard InChI is InChI=1S/C21H44N8O3/c1-28-10-8-25-14-21(27-18(30)4-3-5-19(31)32)13-24-7-6-23-12-20(22,16-28)17-29(2)11-9-26-15-21/h23-26H,3-17,22H2,1-2H3,(H,27,30)(H,31,32). The first-order valence-corrected chi connectivity index (χ1v) is 11.7. The van der Waals surface area contributed by atoms with Gasteiger partial charge in [-0.25, -0.2) is 0 Å². The maximum Gasteiger partial charge on any atom is 0.303 e. The van der Waals surface area contributed by atoms with E-state index in [1.54, 1.807) is 0 Å². The number of carbonyl (C=O) groups excluding carboxylic acids is 1. The van der Waals surface area contributed by atoms with Gasteiger partial charge in [0.15, 0.2) is 0 Å². The molecule has 3 saturated heterocycles. The van der Waals surface area contributed by atoms with Crippen molar-refractivity contribution in [2.24, 2.45) is 5.73 Å². The van der Waals surface area contributed by atoms with Crippen LogP contribution in [0.25, 0.3) is 0 Å². The third-order valence-electron chi connectivity index (χ3n) is 6.06. The minimum absolute atomic E-state index is 0.00213. The summed E-state index contributed by atoms with van der Waals surface area (Å²) in [5.41, 5.74) is 5.97. The molecule has 3 aliphatic heterocycles. The molecule has 0 aromatic heterocycles. The Bertz CT molecular complexity index is 571. The van der Waals surface area contributed by atoms with Crippen molar-refractivity contribution in [3.8, 4) is 0 Å². The van der Waals surface area contributed by atoms with E-state index in [1.807, 2.05) is 0 Å². The quantitative estimate of drug-likeness (QED) is 0.229. The minimum atomic E-state index is -0.876. The summed E-state index contributed by atoms with van der Waals surface area (Å²) < 4.78 is 0. The molecule has 2 bridgehead atoms. The second-order valence-corrected chi connectivity index (χ2v) is 9.62. The van der Waals surface area contributed by atoms with Gasteiger partial charge in [0.2, 0.25) is 5.91 Å². The zero-order valence-electron chi connectivity index (χ0n) is 19.8. The van der Waals surface area contributed by atoms with Gasteiger partial charge in [0.05, 0.1) is 11.1 Å². The second-order valence-electron chi connectivity index (χ2n) is 9.62. The first-order valence-electron chi connectivity index (χ1n) is 11.7. The van der Waals surface area contributed by atoms with Gasteiger partial charge in [-0.3, -0.25) is 9.59 Å². The Kier molecular flexibility index (Phi) is 11.3. The molecule has 3 aliphatic rings. The molecule has 3 fully saturated rings. The van der Waals surface area contributed by atoms with Crippen LogP contribution in [0, 0.1) is 0 Å². The SMILES string of the molecule is CN1CCNCC2(NC(=O)CCCC(=O)O)CNCCNCC(N)(C1)CN(C)CCNC2. The Hall–Kier alpha value is -1.34. The van der Waals surface area contributed by atoms with E-state index < -0.39 is 11.5 Å². The first-order chi connectivity index (χ1) is 15.2. The number of carbonyl (C=O) groups is 2. The van der Waals surface area contributed by atoms with Crippen LogP contribution in [-0.4, -0.2) is 130 Å². The highest BCUT2D eigenvalue weighted by Crippen LogP contribution is 2.08. The number of nitrogens with zero attached hydrogens (tertiary/aromatic N) is 2. The van der Waals surface area contributed by atoms with Crippen molar-refractivity contribution in [1.82, 2.24) is 36.4 Å². The van der Waals surface area contributed by atoms with E-state index in [4.69, 9.17) is 10.8 Å². The van der Waals surface area contributed by atoms with Crippen molar-refractivity contribution >= 4 is 11.9 Å². The van der Waals surface area contributed by atoms with E-state index in [0.29, 0.717) is 26.1 Å². The summed E-state index contributed by atoms with van der Waals surface area (Å²) in [6.07, 6.45) is 0.549. The molecule has 11 nitrogen and oxygen atoms in total. The van der Waals surface area contributed by atoms with Crippen LogP contribution in [0.1, 0.15) is 19.3 Å². The van der Waals surface area contributed by atoms with E-state index in [9.17, 15) is 9.59 Å². The van der Waals surface area contributed by atoms with Crippen LogP contribution in [0.15, 0.2) is 0 Å². The van der Waals surface area contributed by atoms with E-state index in [2.05, 4.69) is 50.5 Å². The smallest absolute Gasteiger partial charge is 0.303 e. The number of rotatable bonds is 5. The van der Waals surface area contributed by atoms with Gasteiger partial charge in [0.25, 0.3) is 0 Å². The van der Waals surface area contributed by atoms with E-state index in [1.165, 1.54) is 0 Å². The molecule has 0 radical (unpaired) electrons. The molecule has 32 heavy (non-hydrogen) atoms. The maximum atomic E-state index is 12.7. The van der Waals surface area contributed by atoms with Crippen molar-refractivity contribution in [3.05, 3.63) is 0 Å². The summed E-state index contributed by atoms with van der Waals surface area (Å²) in [5, 5.41) is 26.1. The van der Waals surface area contributed by atoms with Gasteiger partial charge in [-0.2, -0.15) is 0 Å². The Labute approximate surface area is 192 Å². The van der Waals surface area contributed by atoms with Crippen LogP contribution < -0.4 is 32.3 Å². The highest BCUT2D eigenvalue weighted by molar-refractivity contribution is 5.77. The predicted molar refractivity (Wildman–Crippen MR) is 126 cm³/mol. The molecule has 0 aromatic rings. The number of hydrogen-bond donors (Lipinski definition) is 7. The van der Waals surface area contributed by atoms with Gasteiger partial charge in [-0.05, 0) is 20.5 Å². The second kappa shape index (κ2) is 13.4. The number of nitrogens with one attached hydrogen (secondary N) is 5. The number of likely N-dealkylation sites (N-methyl/N-ethyl adjacent to an activating group) is 2. The monoisotopic (exact) mass is 456 g/mol. The molecule has 11 heteroatoms. The number of carboxylic acids is 1. The lowest BCUT2D eigenvalue weighted by atomic mass is 9.97. The largest absolute Gasteiger partial charge is 0.481 e. The average Bonchev–Trinajstić information content (AvgIpc) is 2.70. The summed E-state index contributed by atoms with van der Waals surface area (Å²) in [5.74, 6) is -0.988. The fourth-order valence-corrected chi connectivity index (χ4v) is 4.51. The highest BCUT2D eigenvalue weighted by atomic mass is 16.4. The Morgan fingerprint density at radius 3 is 1.91 bits per heavy atom. The molecule has 0 unspecified atom stereocenters. The zero-order valence-corrected chi connectivity index (χ0v) is 19.8. The summed E-state index contributed by atoms with van der Waals surface area (Å²) in [6.45, 7) is 8.97. The normalized spacial score (nSPS) is 30.3. The highest BCUT2D eigenvalue weighted by Gasteiger charge is 2.33. The molecule has 3 rings (SSSR count). The molecule has 186 valence electrons. The van der Waals surface area contributed by atoms with Gasteiger partial charge in [0, 0.05) is 91.4 Å². The lowest BCUT2D eigenvalue weighted by Crippen LogP contribution is -2.67. The molecule has 0 aliphatic carbocycles. The summed E-state index contributed by atoms with van der Waals surface area (Å²) in [6, 6.07) is 0. The van der Waals surface area contributed by atoms with Crippen LogP contribution in [0.3, 0.4) is 0 Å². The molecule has 1 amide bonds. The van der Waals surface area contributed by atoms with Crippen LogP contribution in [0.5, 0.6) is 0 Å². The maximum absolute atomic E-state index is 12.7. The van der Waals surface area contributed by atoms with Crippen molar-refractivity contribution in [1.29, 1.82) is 0 Å². The Balaban J connectivity index is 2.16. The molecule has 0 spiro atoms. The number of carboxylic acid groups (broad SMARTS) is 1. The third-order valence-corrected chi connectivity index (χ3v) is 6.06. The number of amides is 1. The van der Waals surface area contributed by atoms with Crippen LogP contribution in [-0.2, 0) is 9.59 Å². The summed E-state index contributed by atoms with van der Waals surface area (Å²) in [4.78, 5) is 28.0. The Morgan fingerprint density at radius 1 is 0.875 bits per heavy atom. The van der Waals surface area contributed by atoms with Crippen molar-refractivity contribution in [2.75, 3.05) is 92.6 Å². The van der Waals surface area contributed by atoms with Crippen molar-refractivity contribution in [3.63, 3.8) is 0 Å². The predicted octanol–water partition coefficient (Wildman–Crippen LogP) is -2.96. The number of nitrogens with two attached hydrogens (primary N) is 1. The van der Waals surface area contributed by atoms with E-state index >= 15 is 0 Å². The Morgan fingerprint density at radius 2 is 1.38 bits per heavy atom. The van der Waals surface area contributed by atoms with Crippen LogP contribution in [0.2, 0.25) is 0 Å². The van der Waals surface area contributed by atoms with E-state index in [-0.39, 0.29) is 24.3 Å². The average molecular weight is 457 g/mol. The molecule has 0 saturated carbocycles. The zero-order chi connectivity index (χ0) is 23.5. The first kappa shape index (κ1) is 26.9. The molecular weight excluding hydrogens is 412 g/mol. The topological polar surface area (TPSA) is 147 Å². The molecular formula is C21H44N8O3. The fourth-order valence-electron chi connectivity index (χ4n) is 4.51. The van der Waals surface area contributed by atoms with Gasteiger partial charge in [-0.1, -0.05) is 0 Å². The van der Waals surface area contributed by atoms with Gasteiger partial charge >= 0.3 is 5.97 Å².